The Kier molecular flexibility index (Phi) is 3.48. The largest absolute Gasteiger partial charge is 0.458 e. The fraction of sp³-hybridized carbons (Fsp3) is 0.261. The van der Waals surface area contributed by atoms with Crippen molar-refractivity contribution >= 4 is 22.9 Å². The number of aliphatic hydroxyl groups is 1. The summed E-state index contributed by atoms with van der Waals surface area (Å²) < 4.78 is 17.8. The topological polar surface area (TPSA) is 99.9 Å². The first-order valence-corrected chi connectivity index (χ1v) is 10.0. The summed E-state index contributed by atoms with van der Waals surface area (Å²) in [6.07, 6.45) is 1.81. The summed E-state index contributed by atoms with van der Waals surface area (Å²) in [7, 11) is 0. The van der Waals surface area contributed by atoms with Crippen LogP contribution in [0.3, 0.4) is 0 Å². The summed E-state index contributed by atoms with van der Waals surface area (Å²) in [6.45, 7) is 5.91. The molecule has 156 valence electrons. The van der Waals surface area contributed by atoms with Gasteiger partial charge in [0.25, 0.3) is 5.56 Å². The number of aromatic nitrogens is 2. The lowest BCUT2D eigenvalue weighted by atomic mass is 9.86. The van der Waals surface area contributed by atoms with Crippen LogP contribution in [0.2, 0.25) is 0 Å². The average Bonchev–Trinajstić information content (AvgIpc) is 3.38. The smallest absolute Gasteiger partial charge is 0.343 e. The van der Waals surface area contributed by atoms with Gasteiger partial charge in [0.15, 0.2) is 17.1 Å². The standard InChI is InChI=1S/C23H18N2O6/c1-3-12-13-5-11-8-25-17(19(11)24-16(13)7-18-20(12)31-10-30-18)6-15-14(21(25)26)9-29-22(27)23(15,28)4-2/h3,5-7,28H,1,4,8-10H2,2H3. The minimum atomic E-state index is -1.84. The lowest BCUT2D eigenvalue weighted by Crippen LogP contribution is -2.44. The van der Waals surface area contributed by atoms with E-state index in [9.17, 15) is 14.7 Å². The van der Waals surface area contributed by atoms with E-state index in [0.717, 1.165) is 16.5 Å². The van der Waals surface area contributed by atoms with E-state index in [1.165, 1.54) is 0 Å². The number of ether oxygens (including phenoxy) is 3. The molecule has 0 saturated heterocycles. The maximum atomic E-state index is 13.2. The van der Waals surface area contributed by atoms with E-state index in [1.807, 2.05) is 12.1 Å². The zero-order chi connectivity index (χ0) is 21.5. The van der Waals surface area contributed by atoms with Gasteiger partial charge in [-0.05, 0) is 18.6 Å². The first-order valence-electron chi connectivity index (χ1n) is 10.0. The zero-order valence-electron chi connectivity index (χ0n) is 16.7. The first kappa shape index (κ1) is 18.1. The van der Waals surface area contributed by atoms with Crippen LogP contribution in [0.5, 0.6) is 11.5 Å². The molecule has 0 amide bonds. The lowest BCUT2D eigenvalue weighted by molar-refractivity contribution is -0.172. The highest BCUT2D eigenvalue weighted by Crippen LogP contribution is 2.44. The van der Waals surface area contributed by atoms with Crippen molar-refractivity contribution in [2.75, 3.05) is 6.79 Å². The predicted molar refractivity (Wildman–Crippen MR) is 111 cm³/mol. The van der Waals surface area contributed by atoms with Gasteiger partial charge >= 0.3 is 5.97 Å². The zero-order valence-corrected chi connectivity index (χ0v) is 16.7. The third kappa shape index (κ3) is 2.20. The fourth-order valence-corrected chi connectivity index (χ4v) is 4.72. The molecule has 0 spiro atoms. The predicted octanol–water partition coefficient (Wildman–Crippen LogP) is 2.45. The number of cyclic esters (lactones) is 1. The van der Waals surface area contributed by atoms with Gasteiger partial charge in [-0.15, -0.1) is 0 Å². The Morgan fingerprint density at radius 1 is 1.26 bits per heavy atom. The van der Waals surface area contributed by atoms with Crippen LogP contribution in [-0.4, -0.2) is 27.4 Å². The Balaban J connectivity index is 1.63. The summed E-state index contributed by atoms with van der Waals surface area (Å²) in [5, 5.41) is 11.8. The molecule has 0 fully saturated rings. The second-order valence-electron chi connectivity index (χ2n) is 7.89. The number of esters is 1. The van der Waals surface area contributed by atoms with Gasteiger partial charge in [0.05, 0.1) is 29.0 Å². The highest BCUT2D eigenvalue weighted by atomic mass is 16.7. The van der Waals surface area contributed by atoms with Gasteiger partial charge in [0, 0.05) is 28.1 Å². The van der Waals surface area contributed by atoms with Crippen molar-refractivity contribution < 1.29 is 24.1 Å². The van der Waals surface area contributed by atoms with Gasteiger partial charge in [0.1, 0.15) is 6.61 Å². The van der Waals surface area contributed by atoms with Crippen molar-refractivity contribution in [3.05, 3.63) is 57.4 Å². The van der Waals surface area contributed by atoms with Crippen molar-refractivity contribution in [2.24, 2.45) is 0 Å². The highest BCUT2D eigenvalue weighted by Gasteiger charge is 2.45. The summed E-state index contributed by atoms with van der Waals surface area (Å²) in [4.78, 5) is 30.4. The number of pyridine rings is 2. The molecule has 6 rings (SSSR count). The van der Waals surface area contributed by atoms with E-state index in [0.29, 0.717) is 46.1 Å². The lowest BCUT2D eigenvalue weighted by Gasteiger charge is -2.31. The van der Waals surface area contributed by atoms with Gasteiger partial charge in [-0.3, -0.25) is 4.79 Å². The molecular formula is C23H18N2O6. The van der Waals surface area contributed by atoms with Crippen molar-refractivity contribution in [3.63, 3.8) is 0 Å². The molecule has 0 aliphatic carbocycles. The van der Waals surface area contributed by atoms with E-state index < -0.39 is 11.6 Å². The Morgan fingerprint density at radius 3 is 2.87 bits per heavy atom. The van der Waals surface area contributed by atoms with Crippen LogP contribution in [0.25, 0.3) is 28.4 Å². The third-order valence-corrected chi connectivity index (χ3v) is 6.39. The van der Waals surface area contributed by atoms with E-state index in [2.05, 4.69) is 6.58 Å². The number of benzene rings is 1. The summed E-state index contributed by atoms with van der Waals surface area (Å²) in [5.41, 5.74) is 2.02. The van der Waals surface area contributed by atoms with Crippen LogP contribution in [0.1, 0.15) is 35.6 Å². The molecule has 3 aromatic rings. The summed E-state index contributed by atoms with van der Waals surface area (Å²) >= 11 is 0. The van der Waals surface area contributed by atoms with Crippen molar-refractivity contribution in [1.82, 2.24) is 9.55 Å². The molecule has 0 saturated carbocycles. The van der Waals surface area contributed by atoms with Crippen LogP contribution in [-0.2, 0) is 28.3 Å². The maximum Gasteiger partial charge on any atom is 0.343 e. The summed E-state index contributed by atoms with van der Waals surface area (Å²) in [6, 6.07) is 5.49. The number of hydrogen-bond acceptors (Lipinski definition) is 7. The van der Waals surface area contributed by atoms with Crippen LogP contribution in [0.4, 0.5) is 0 Å². The van der Waals surface area contributed by atoms with Crippen LogP contribution >= 0.6 is 0 Å². The Morgan fingerprint density at radius 2 is 2.10 bits per heavy atom. The van der Waals surface area contributed by atoms with Crippen molar-refractivity contribution in [2.45, 2.75) is 32.1 Å². The number of rotatable bonds is 2. The van der Waals surface area contributed by atoms with Crippen LogP contribution < -0.4 is 15.0 Å². The van der Waals surface area contributed by atoms with Gasteiger partial charge in [-0.2, -0.15) is 0 Å². The number of carbonyl (C=O) groups is 1. The molecular weight excluding hydrogens is 400 g/mol. The van der Waals surface area contributed by atoms with Gasteiger partial charge in [0.2, 0.25) is 6.79 Å². The highest BCUT2D eigenvalue weighted by molar-refractivity contribution is 5.95. The van der Waals surface area contributed by atoms with Crippen LogP contribution in [0, 0.1) is 0 Å². The van der Waals surface area contributed by atoms with E-state index >= 15 is 0 Å². The molecule has 8 nitrogen and oxygen atoms in total. The minimum Gasteiger partial charge on any atom is -0.458 e. The molecule has 1 atom stereocenters. The monoisotopic (exact) mass is 418 g/mol. The Bertz CT molecular complexity index is 1410. The van der Waals surface area contributed by atoms with Crippen molar-refractivity contribution in [3.8, 4) is 22.9 Å². The fourth-order valence-electron chi connectivity index (χ4n) is 4.72. The van der Waals surface area contributed by atoms with E-state index in [-0.39, 0.29) is 25.4 Å². The van der Waals surface area contributed by atoms with E-state index in [1.54, 1.807) is 23.6 Å². The number of nitrogens with zero attached hydrogens (tertiary/aromatic N) is 2. The second kappa shape index (κ2) is 5.95. The molecule has 5 heterocycles. The van der Waals surface area contributed by atoms with Gasteiger partial charge in [-0.1, -0.05) is 19.6 Å². The molecule has 1 N–H and O–H groups in total. The molecule has 0 radical (unpaired) electrons. The molecule has 1 aromatic carbocycles. The molecule has 8 heteroatoms. The molecule has 0 bridgehead atoms. The SMILES string of the molecule is C=Cc1c2c(cc3nc4c(cc13)Cn1c-4cc3c(c1=O)COC(=O)C3(O)CC)OCO2. The molecule has 3 aliphatic heterocycles. The summed E-state index contributed by atoms with van der Waals surface area (Å²) in [5.74, 6) is 0.495. The average molecular weight is 418 g/mol. The molecule has 31 heavy (non-hydrogen) atoms. The first-order chi connectivity index (χ1) is 15.0. The Labute approximate surface area is 176 Å². The molecule has 3 aliphatic rings. The van der Waals surface area contributed by atoms with Crippen LogP contribution in [0.15, 0.2) is 29.6 Å². The maximum absolute atomic E-state index is 13.2. The van der Waals surface area contributed by atoms with E-state index in [4.69, 9.17) is 19.2 Å². The molecule has 1 unspecified atom stereocenters. The molecule has 2 aromatic heterocycles. The normalized spacial score (nSPS) is 20.3. The number of hydrogen-bond donors (Lipinski definition) is 1. The van der Waals surface area contributed by atoms with Gasteiger partial charge < -0.3 is 23.9 Å². The van der Waals surface area contributed by atoms with Gasteiger partial charge in [-0.25, -0.2) is 9.78 Å². The number of fused-ring (bicyclic) bond motifs is 6. The van der Waals surface area contributed by atoms with Crippen molar-refractivity contribution in [1.29, 1.82) is 0 Å². The minimum absolute atomic E-state index is 0.103. The second-order valence-corrected chi connectivity index (χ2v) is 7.89. The Hall–Kier alpha value is -3.65. The number of carbonyl (C=O) groups excluding carboxylic acids is 1. The quantitative estimate of drug-likeness (QED) is 0.499. The third-order valence-electron chi connectivity index (χ3n) is 6.39.